The van der Waals surface area contributed by atoms with Crippen molar-refractivity contribution in [2.75, 3.05) is 11.4 Å². The summed E-state index contributed by atoms with van der Waals surface area (Å²) in [5, 5.41) is 3.05. The molecule has 0 aliphatic heterocycles. The maximum atomic E-state index is 13.4. The second-order valence-corrected chi connectivity index (χ2v) is 8.70. The van der Waals surface area contributed by atoms with E-state index >= 15 is 0 Å². The first-order chi connectivity index (χ1) is 16.0. The number of anilines is 1. The summed E-state index contributed by atoms with van der Waals surface area (Å²) in [4.78, 5) is 32.3. The SMILES string of the molecule is CCC(CC)C(=O)NCCCc1nc2ccccc2n1CC(=O)N(c1ccccc1)C(C)C. The highest BCUT2D eigenvalue weighted by molar-refractivity contribution is 5.94. The molecule has 3 aromatic rings. The summed E-state index contributed by atoms with van der Waals surface area (Å²) in [7, 11) is 0. The van der Waals surface area contributed by atoms with Crippen molar-refractivity contribution in [1.29, 1.82) is 0 Å². The third-order valence-electron chi connectivity index (χ3n) is 6.08. The van der Waals surface area contributed by atoms with Crippen molar-refractivity contribution < 1.29 is 9.59 Å². The average Bonchev–Trinajstić information content (AvgIpc) is 3.15. The molecule has 0 saturated heterocycles. The number of imidazole rings is 1. The number of aryl methyl sites for hydroxylation is 1. The highest BCUT2D eigenvalue weighted by Crippen LogP contribution is 2.21. The van der Waals surface area contributed by atoms with Crippen LogP contribution in [0.1, 0.15) is 52.8 Å². The molecular weight excluding hydrogens is 412 g/mol. The molecule has 0 aliphatic carbocycles. The highest BCUT2D eigenvalue weighted by atomic mass is 16.2. The molecule has 2 aromatic carbocycles. The van der Waals surface area contributed by atoms with E-state index in [1.807, 2.05) is 91.8 Å². The first kappa shape index (κ1) is 24.5. The lowest BCUT2D eigenvalue weighted by Crippen LogP contribution is -2.39. The van der Waals surface area contributed by atoms with Crippen molar-refractivity contribution >= 4 is 28.5 Å². The standard InChI is InChI=1S/C27H36N4O2/c1-5-21(6-2)27(33)28-18-12-17-25-29-23-15-10-11-16-24(23)30(25)19-26(32)31(20(3)4)22-13-8-7-9-14-22/h7-11,13-16,20-21H,5-6,12,17-19H2,1-4H3,(H,28,33). The second-order valence-electron chi connectivity index (χ2n) is 8.70. The van der Waals surface area contributed by atoms with Crippen LogP contribution >= 0.6 is 0 Å². The van der Waals surface area contributed by atoms with Crippen LogP contribution < -0.4 is 10.2 Å². The number of hydrogen-bond acceptors (Lipinski definition) is 3. The number of amides is 2. The van der Waals surface area contributed by atoms with Gasteiger partial charge in [0.25, 0.3) is 0 Å². The highest BCUT2D eigenvalue weighted by Gasteiger charge is 2.22. The van der Waals surface area contributed by atoms with Crippen LogP contribution in [0.5, 0.6) is 0 Å². The van der Waals surface area contributed by atoms with Crippen LogP contribution in [0, 0.1) is 5.92 Å². The summed E-state index contributed by atoms with van der Waals surface area (Å²) in [5.74, 6) is 1.10. The van der Waals surface area contributed by atoms with Crippen molar-refractivity contribution in [1.82, 2.24) is 14.9 Å². The Labute approximate surface area is 197 Å². The van der Waals surface area contributed by atoms with Crippen LogP contribution in [-0.4, -0.2) is 34.0 Å². The fourth-order valence-electron chi connectivity index (χ4n) is 4.28. The van der Waals surface area contributed by atoms with Gasteiger partial charge in [-0.05, 0) is 57.4 Å². The molecule has 2 amide bonds. The number of nitrogens with zero attached hydrogens (tertiary/aromatic N) is 3. The number of para-hydroxylation sites is 3. The molecular formula is C27H36N4O2. The molecule has 0 spiro atoms. The minimum Gasteiger partial charge on any atom is -0.356 e. The number of aromatic nitrogens is 2. The fourth-order valence-corrected chi connectivity index (χ4v) is 4.28. The van der Waals surface area contributed by atoms with Crippen molar-refractivity contribution in [3.8, 4) is 0 Å². The van der Waals surface area contributed by atoms with Gasteiger partial charge in [0.2, 0.25) is 11.8 Å². The molecule has 33 heavy (non-hydrogen) atoms. The van der Waals surface area contributed by atoms with E-state index in [1.165, 1.54) is 0 Å². The van der Waals surface area contributed by atoms with E-state index in [2.05, 4.69) is 5.32 Å². The summed E-state index contributed by atoms with van der Waals surface area (Å²) < 4.78 is 2.03. The minimum atomic E-state index is 0.0302. The zero-order valence-corrected chi connectivity index (χ0v) is 20.3. The van der Waals surface area contributed by atoms with Gasteiger partial charge in [-0.3, -0.25) is 9.59 Å². The quantitative estimate of drug-likeness (QED) is 0.422. The zero-order chi connectivity index (χ0) is 23.8. The molecule has 1 aromatic heterocycles. The van der Waals surface area contributed by atoms with Crippen LogP contribution in [-0.2, 0) is 22.6 Å². The summed E-state index contributed by atoms with van der Waals surface area (Å²) in [6, 6.07) is 17.8. The molecule has 0 radical (unpaired) electrons. The largest absolute Gasteiger partial charge is 0.356 e. The Balaban J connectivity index is 1.76. The van der Waals surface area contributed by atoms with E-state index in [0.29, 0.717) is 13.0 Å². The van der Waals surface area contributed by atoms with Gasteiger partial charge >= 0.3 is 0 Å². The van der Waals surface area contributed by atoms with Crippen LogP contribution in [0.2, 0.25) is 0 Å². The summed E-state index contributed by atoms with van der Waals surface area (Å²) in [6.07, 6.45) is 3.18. The van der Waals surface area contributed by atoms with Gasteiger partial charge in [0.05, 0.1) is 11.0 Å². The number of carbonyl (C=O) groups is 2. The van der Waals surface area contributed by atoms with Crippen LogP contribution in [0.3, 0.4) is 0 Å². The van der Waals surface area contributed by atoms with E-state index in [-0.39, 0.29) is 30.3 Å². The number of rotatable bonds is 11. The number of benzene rings is 2. The van der Waals surface area contributed by atoms with E-state index < -0.39 is 0 Å². The van der Waals surface area contributed by atoms with Gasteiger partial charge in [-0.15, -0.1) is 0 Å². The van der Waals surface area contributed by atoms with E-state index in [9.17, 15) is 9.59 Å². The molecule has 6 heteroatoms. The van der Waals surface area contributed by atoms with Gasteiger partial charge in [-0.2, -0.15) is 0 Å². The number of nitrogens with one attached hydrogen (secondary N) is 1. The van der Waals surface area contributed by atoms with Gasteiger partial charge < -0.3 is 14.8 Å². The molecule has 1 N–H and O–H groups in total. The first-order valence-corrected chi connectivity index (χ1v) is 12.0. The van der Waals surface area contributed by atoms with Crippen molar-refractivity contribution in [2.24, 2.45) is 5.92 Å². The van der Waals surface area contributed by atoms with Gasteiger partial charge in [-0.1, -0.05) is 44.2 Å². The van der Waals surface area contributed by atoms with E-state index in [1.54, 1.807) is 0 Å². The normalized spacial score (nSPS) is 11.3. The van der Waals surface area contributed by atoms with Crippen LogP contribution in [0.4, 0.5) is 5.69 Å². The Morgan fingerprint density at radius 3 is 2.33 bits per heavy atom. The third-order valence-corrected chi connectivity index (χ3v) is 6.08. The number of hydrogen-bond donors (Lipinski definition) is 1. The molecule has 0 saturated carbocycles. The van der Waals surface area contributed by atoms with Crippen molar-refractivity contribution in [3.63, 3.8) is 0 Å². The molecule has 6 nitrogen and oxygen atoms in total. The smallest absolute Gasteiger partial charge is 0.247 e. The lowest BCUT2D eigenvalue weighted by molar-refractivity contribution is -0.125. The maximum absolute atomic E-state index is 13.4. The topological polar surface area (TPSA) is 67.2 Å². The predicted molar refractivity (Wildman–Crippen MR) is 134 cm³/mol. The number of carbonyl (C=O) groups excluding carboxylic acids is 2. The molecule has 1 heterocycles. The molecule has 176 valence electrons. The molecule has 0 aliphatic rings. The zero-order valence-electron chi connectivity index (χ0n) is 20.3. The molecule has 0 unspecified atom stereocenters. The predicted octanol–water partition coefficient (Wildman–Crippen LogP) is 4.96. The van der Waals surface area contributed by atoms with E-state index in [0.717, 1.165) is 41.8 Å². The Morgan fingerprint density at radius 2 is 1.67 bits per heavy atom. The summed E-state index contributed by atoms with van der Waals surface area (Å²) >= 11 is 0. The minimum absolute atomic E-state index is 0.0302. The Hall–Kier alpha value is -3.15. The van der Waals surface area contributed by atoms with Crippen LogP contribution in [0.25, 0.3) is 11.0 Å². The third kappa shape index (κ3) is 6.01. The van der Waals surface area contributed by atoms with Gasteiger partial charge in [0.15, 0.2) is 0 Å². The van der Waals surface area contributed by atoms with Crippen molar-refractivity contribution in [2.45, 2.75) is 66.0 Å². The number of fused-ring (bicyclic) bond motifs is 1. The molecule has 3 rings (SSSR count). The maximum Gasteiger partial charge on any atom is 0.247 e. The van der Waals surface area contributed by atoms with Gasteiger partial charge in [0, 0.05) is 30.6 Å². The van der Waals surface area contributed by atoms with Gasteiger partial charge in [0.1, 0.15) is 12.4 Å². The van der Waals surface area contributed by atoms with Crippen molar-refractivity contribution in [3.05, 3.63) is 60.4 Å². The molecule has 0 fully saturated rings. The summed E-state index contributed by atoms with van der Waals surface area (Å²) in [6.45, 7) is 8.98. The Morgan fingerprint density at radius 1 is 1.00 bits per heavy atom. The molecule has 0 bridgehead atoms. The van der Waals surface area contributed by atoms with Crippen LogP contribution in [0.15, 0.2) is 54.6 Å². The Bertz CT molecular complexity index is 1050. The lowest BCUT2D eigenvalue weighted by atomic mass is 10.0. The first-order valence-electron chi connectivity index (χ1n) is 12.0. The fraction of sp³-hybridized carbons (Fsp3) is 0.444. The summed E-state index contributed by atoms with van der Waals surface area (Å²) in [5.41, 5.74) is 2.74. The Kier molecular flexibility index (Phi) is 8.64. The lowest BCUT2D eigenvalue weighted by Gasteiger charge is -2.27. The monoisotopic (exact) mass is 448 g/mol. The van der Waals surface area contributed by atoms with E-state index in [4.69, 9.17) is 4.98 Å². The second kappa shape index (κ2) is 11.6. The van der Waals surface area contributed by atoms with Gasteiger partial charge in [-0.25, -0.2) is 4.98 Å². The average molecular weight is 449 g/mol. The molecule has 0 atom stereocenters.